The van der Waals surface area contributed by atoms with Crippen molar-refractivity contribution >= 4 is 24.2 Å². The van der Waals surface area contributed by atoms with E-state index in [1.807, 2.05) is 24.3 Å². The Kier molecular flexibility index (Phi) is 10.3. The van der Waals surface area contributed by atoms with Gasteiger partial charge in [-0.2, -0.15) is 0 Å². The first-order valence-corrected chi connectivity index (χ1v) is 10.7. The normalized spacial score (nSPS) is 20.0. The van der Waals surface area contributed by atoms with Crippen molar-refractivity contribution in [2.75, 3.05) is 33.3 Å². The van der Waals surface area contributed by atoms with E-state index in [1.54, 1.807) is 4.90 Å². The highest BCUT2D eigenvalue weighted by Crippen LogP contribution is 2.21. The Morgan fingerprint density at radius 1 is 1.09 bits per heavy atom. The van der Waals surface area contributed by atoms with E-state index in [0.29, 0.717) is 38.9 Å². The summed E-state index contributed by atoms with van der Waals surface area (Å²) in [5, 5.41) is 0. The first-order valence-electron chi connectivity index (χ1n) is 10.7. The fourth-order valence-electron chi connectivity index (χ4n) is 3.75. The number of amides is 3. The van der Waals surface area contributed by atoms with Gasteiger partial charge in [0.1, 0.15) is 0 Å². The van der Waals surface area contributed by atoms with Crippen molar-refractivity contribution in [2.45, 2.75) is 44.4 Å². The summed E-state index contributed by atoms with van der Waals surface area (Å²) in [6.45, 7) is 1.90. The largest absolute Gasteiger partial charge is 0.443 e. The van der Waals surface area contributed by atoms with Crippen LogP contribution >= 0.6 is 0 Å². The molecule has 0 aliphatic carbocycles. The molecule has 2 atom stereocenters. The lowest BCUT2D eigenvalue weighted by Crippen LogP contribution is -2.43. The van der Waals surface area contributed by atoms with Crippen molar-refractivity contribution in [2.24, 2.45) is 11.5 Å². The Hall–Kier alpha value is -2.82. The molecule has 2 aliphatic rings. The van der Waals surface area contributed by atoms with E-state index in [1.165, 1.54) is 17.6 Å². The van der Waals surface area contributed by atoms with Crippen LogP contribution in [-0.2, 0) is 41.5 Å². The van der Waals surface area contributed by atoms with Crippen LogP contribution < -0.4 is 11.5 Å². The monoisotopic (exact) mass is 448 g/mol. The number of hydrogen-bond donors (Lipinski definition) is 2. The first-order chi connectivity index (χ1) is 15.4. The minimum Gasteiger partial charge on any atom is -0.443 e. The molecular formula is C22H32N4O6. The number of rotatable bonds is 7. The molecule has 1 saturated heterocycles. The molecule has 10 heteroatoms. The van der Waals surface area contributed by atoms with E-state index >= 15 is 0 Å². The zero-order chi connectivity index (χ0) is 23.5. The molecule has 10 nitrogen and oxygen atoms in total. The van der Waals surface area contributed by atoms with Gasteiger partial charge in [0.2, 0.25) is 17.7 Å². The number of imide groups is 1. The molecule has 176 valence electrons. The highest BCUT2D eigenvalue weighted by Gasteiger charge is 2.33. The fraction of sp³-hybridized carbons (Fsp3) is 0.545. The molecule has 0 aromatic heterocycles. The summed E-state index contributed by atoms with van der Waals surface area (Å²) >= 11 is 0. The lowest BCUT2D eigenvalue weighted by atomic mass is 10.0. The highest BCUT2D eigenvalue weighted by molar-refractivity contribution is 5.97. The molecule has 32 heavy (non-hydrogen) atoms. The maximum Gasteiger partial charge on any atom is 0.295 e. The van der Waals surface area contributed by atoms with Crippen molar-refractivity contribution in [1.29, 1.82) is 0 Å². The lowest BCUT2D eigenvalue weighted by molar-refractivity contribution is -0.154. The number of nitrogens with two attached hydrogens (primary N) is 2. The van der Waals surface area contributed by atoms with Crippen molar-refractivity contribution in [3.63, 3.8) is 0 Å². The third-order valence-corrected chi connectivity index (χ3v) is 5.46. The summed E-state index contributed by atoms with van der Waals surface area (Å²) in [4.78, 5) is 48.0. The number of carbonyl (C=O) groups is 4. The molecule has 1 fully saturated rings. The SMILES string of the molecule is COC1CC(=O)N(C(=O)CCN)C1.NCCC(=O)N1CCc2ccccc2CC1OC=O. The summed E-state index contributed by atoms with van der Waals surface area (Å²) in [7, 11) is 1.54. The average Bonchev–Trinajstić information content (AvgIpc) is 3.06. The molecule has 0 spiro atoms. The first kappa shape index (κ1) is 25.4. The second-order valence-electron chi connectivity index (χ2n) is 7.53. The van der Waals surface area contributed by atoms with Gasteiger partial charge in [-0.15, -0.1) is 0 Å². The van der Waals surface area contributed by atoms with Crippen LogP contribution in [0.25, 0.3) is 0 Å². The molecule has 2 heterocycles. The minimum atomic E-state index is -0.528. The van der Waals surface area contributed by atoms with Gasteiger partial charge in [0.25, 0.3) is 6.47 Å². The Labute approximate surface area is 187 Å². The van der Waals surface area contributed by atoms with Crippen molar-refractivity contribution in [3.05, 3.63) is 35.4 Å². The van der Waals surface area contributed by atoms with Crippen LogP contribution in [0, 0.1) is 0 Å². The molecule has 3 amide bonds. The molecule has 3 rings (SSSR count). The minimum absolute atomic E-state index is 0.0674. The number of likely N-dealkylation sites (tertiary alicyclic amines) is 1. The maximum absolute atomic E-state index is 12.0. The second kappa shape index (κ2) is 12.9. The number of benzene rings is 1. The van der Waals surface area contributed by atoms with E-state index in [0.717, 1.165) is 12.0 Å². The van der Waals surface area contributed by atoms with Gasteiger partial charge in [0.05, 0.1) is 19.1 Å². The number of methoxy groups -OCH3 is 1. The maximum atomic E-state index is 12.0. The predicted octanol–water partition coefficient (Wildman–Crippen LogP) is -0.429. The quantitative estimate of drug-likeness (QED) is 0.535. The summed E-state index contributed by atoms with van der Waals surface area (Å²) in [5.74, 6) is -0.431. The molecule has 0 bridgehead atoms. The van der Waals surface area contributed by atoms with E-state index < -0.39 is 6.23 Å². The number of nitrogens with zero attached hydrogens (tertiary/aromatic N) is 2. The standard InChI is InChI=1S/C14H18N2O3.C8H14N2O3/c15-7-5-13(18)16-8-6-11-3-1-2-4-12(11)9-14(16)19-10-17;1-13-6-4-8(12)10(5-6)7(11)2-3-9/h1-4,10,14H,5-9,15H2;6H,2-5,9H2,1H3. The Bertz CT molecular complexity index is 802. The van der Waals surface area contributed by atoms with Gasteiger partial charge in [-0.1, -0.05) is 24.3 Å². The highest BCUT2D eigenvalue weighted by atomic mass is 16.5. The van der Waals surface area contributed by atoms with Gasteiger partial charge in [0, 0.05) is 46.0 Å². The number of carbonyl (C=O) groups excluding carboxylic acids is 4. The molecular weight excluding hydrogens is 416 g/mol. The molecule has 0 saturated carbocycles. The van der Waals surface area contributed by atoms with Crippen LogP contribution in [0.15, 0.2) is 24.3 Å². The Morgan fingerprint density at radius 3 is 2.34 bits per heavy atom. The van der Waals surface area contributed by atoms with Crippen LogP contribution in [0.5, 0.6) is 0 Å². The molecule has 2 aliphatic heterocycles. The number of hydrogen-bond acceptors (Lipinski definition) is 8. The van der Waals surface area contributed by atoms with Gasteiger partial charge >= 0.3 is 0 Å². The van der Waals surface area contributed by atoms with Crippen LogP contribution in [-0.4, -0.2) is 79.6 Å². The third kappa shape index (κ3) is 6.84. The predicted molar refractivity (Wildman–Crippen MR) is 116 cm³/mol. The van der Waals surface area contributed by atoms with Crippen LogP contribution in [0.1, 0.15) is 30.4 Å². The third-order valence-electron chi connectivity index (χ3n) is 5.46. The molecule has 4 N–H and O–H groups in total. The van der Waals surface area contributed by atoms with E-state index in [4.69, 9.17) is 20.9 Å². The zero-order valence-electron chi connectivity index (χ0n) is 18.4. The van der Waals surface area contributed by atoms with Gasteiger partial charge < -0.3 is 25.8 Å². The summed E-state index contributed by atoms with van der Waals surface area (Å²) in [6.07, 6.45) is 1.43. The van der Waals surface area contributed by atoms with Crippen LogP contribution in [0.4, 0.5) is 0 Å². The lowest BCUT2D eigenvalue weighted by Gasteiger charge is -2.28. The Morgan fingerprint density at radius 2 is 1.75 bits per heavy atom. The molecule has 2 unspecified atom stereocenters. The molecule has 1 aromatic carbocycles. The van der Waals surface area contributed by atoms with Crippen LogP contribution in [0.3, 0.4) is 0 Å². The molecule has 1 aromatic rings. The van der Waals surface area contributed by atoms with Gasteiger partial charge in [-0.3, -0.25) is 24.1 Å². The van der Waals surface area contributed by atoms with Crippen molar-refractivity contribution in [3.8, 4) is 0 Å². The smallest absolute Gasteiger partial charge is 0.295 e. The van der Waals surface area contributed by atoms with Crippen molar-refractivity contribution < 1.29 is 28.7 Å². The second-order valence-corrected chi connectivity index (χ2v) is 7.53. The molecule has 0 radical (unpaired) electrons. The van der Waals surface area contributed by atoms with E-state index in [2.05, 4.69) is 0 Å². The number of fused-ring (bicyclic) bond motifs is 1. The van der Waals surface area contributed by atoms with Crippen LogP contribution in [0.2, 0.25) is 0 Å². The summed E-state index contributed by atoms with van der Waals surface area (Å²) in [5.41, 5.74) is 13.0. The van der Waals surface area contributed by atoms with Crippen molar-refractivity contribution in [1.82, 2.24) is 9.80 Å². The number of ether oxygens (including phenoxy) is 2. The Balaban J connectivity index is 0.000000244. The zero-order valence-corrected chi connectivity index (χ0v) is 18.4. The summed E-state index contributed by atoms with van der Waals surface area (Å²) < 4.78 is 10.1. The van der Waals surface area contributed by atoms with E-state index in [-0.39, 0.29) is 43.2 Å². The fourth-order valence-corrected chi connectivity index (χ4v) is 3.75. The van der Waals surface area contributed by atoms with E-state index in [9.17, 15) is 19.2 Å². The van der Waals surface area contributed by atoms with Gasteiger partial charge in [0.15, 0.2) is 6.23 Å². The topological polar surface area (TPSA) is 145 Å². The van der Waals surface area contributed by atoms with Gasteiger partial charge in [-0.25, -0.2) is 0 Å². The summed E-state index contributed by atoms with van der Waals surface area (Å²) in [6, 6.07) is 7.98. The average molecular weight is 449 g/mol. The van der Waals surface area contributed by atoms with Gasteiger partial charge in [-0.05, 0) is 17.5 Å².